The van der Waals surface area contributed by atoms with Crippen molar-refractivity contribution in [2.45, 2.75) is 18.1 Å². The first-order chi connectivity index (χ1) is 21.5. The van der Waals surface area contributed by atoms with Crippen LogP contribution in [0.15, 0.2) is 53.7 Å². The van der Waals surface area contributed by atoms with Gasteiger partial charge in [-0.3, -0.25) is 14.3 Å². The zero-order valence-electron chi connectivity index (χ0n) is 26.1. The number of anilines is 1. The molecule has 0 aliphatic carbocycles. The maximum atomic E-state index is 13.7. The third-order valence-electron chi connectivity index (χ3n) is 8.69. The van der Waals surface area contributed by atoms with Crippen LogP contribution in [-0.4, -0.2) is 95.4 Å². The van der Waals surface area contributed by atoms with Crippen LogP contribution in [0.4, 0.5) is 5.69 Å². The van der Waals surface area contributed by atoms with Crippen LogP contribution in [0.2, 0.25) is 0 Å². The van der Waals surface area contributed by atoms with Gasteiger partial charge in [-0.25, -0.2) is 13.4 Å². The molecule has 1 saturated heterocycles. The van der Waals surface area contributed by atoms with E-state index in [-0.39, 0.29) is 23.8 Å². The van der Waals surface area contributed by atoms with Crippen molar-refractivity contribution in [3.63, 3.8) is 0 Å². The lowest BCUT2D eigenvalue weighted by Crippen LogP contribution is -2.42. The zero-order chi connectivity index (χ0) is 32.0. The van der Waals surface area contributed by atoms with Crippen LogP contribution in [-0.2, 0) is 28.7 Å². The number of nitrogens with zero attached hydrogens (tertiary/aromatic N) is 6. The molecule has 1 aliphatic heterocycles. The van der Waals surface area contributed by atoms with Crippen molar-refractivity contribution in [1.29, 1.82) is 0 Å². The lowest BCUT2D eigenvalue weighted by molar-refractivity contribution is 0.0827. The lowest BCUT2D eigenvalue weighted by atomic mass is 9.97. The van der Waals surface area contributed by atoms with Gasteiger partial charge >= 0.3 is 0 Å². The largest absolute Gasteiger partial charge is 0.384 e. The fourth-order valence-electron chi connectivity index (χ4n) is 6.20. The van der Waals surface area contributed by atoms with E-state index in [1.165, 1.54) is 7.11 Å². The van der Waals surface area contributed by atoms with Crippen LogP contribution in [0, 0.1) is 0 Å². The number of benzene rings is 1. The SMILES string of the molecule is COCCS(=O)(=O)C1CCN(c2cc3c4c(-c5ccc(C(=O)N(C)C)cc5)c(-c5cnn(C)c5)[nH]c4ncc3n(C)c2=O)CC1. The van der Waals surface area contributed by atoms with Gasteiger partial charge in [0.25, 0.3) is 11.5 Å². The molecule has 236 valence electrons. The number of nitrogens with one attached hydrogen (secondary N) is 1. The molecule has 0 bridgehead atoms. The molecule has 12 nitrogen and oxygen atoms in total. The molecule has 1 aromatic carbocycles. The Bertz CT molecular complexity index is 2070. The molecular formula is C32H37N7O5S. The fraction of sp³-hybridized carbons (Fsp3) is 0.375. The Kier molecular flexibility index (Phi) is 8.00. The molecule has 45 heavy (non-hydrogen) atoms. The summed E-state index contributed by atoms with van der Waals surface area (Å²) in [6.07, 6.45) is 6.29. The molecule has 0 saturated carbocycles. The molecule has 5 heterocycles. The van der Waals surface area contributed by atoms with Gasteiger partial charge in [0.1, 0.15) is 11.3 Å². The molecule has 4 aromatic heterocycles. The van der Waals surface area contributed by atoms with E-state index in [0.717, 1.165) is 33.2 Å². The van der Waals surface area contributed by atoms with Crippen LogP contribution < -0.4 is 10.5 Å². The summed E-state index contributed by atoms with van der Waals surface area (Å²) in [7, 11) is 5.25. The van der Waals surface area contributed by atoms with Gasteiger partial charge in [-0.1, -0.05) is 12.1 Å². The van der Waals surface area contributed by atoms with E-state index in [1.807, 2.05) is 48.5 Å². The highest BCUT2D eigenvalue weighted by atomic mass is 32.2. The first-order valence-electron chi connectivity index (χ1n) is 14.8. The van der Waals surface area contributed by atoms with Gasteiger partial charge in [-0.15, -0.1) is 0 Å². The average Bonchev–Trinajstić information content (AvgIpc) is 3.65. The number of pyridine rings is 2. The fourth-order valence-corrected chi connectivity index (χ4v) is 7.87. The molecule has 1 N–H and O–H groups in total. The molecule has 13 heteroatoms. The number of hydrogen-bond acceptors (Lipinski definition) is 8. The number of ether oxygens (including phenoxy) is 1. The molecule has 0 unspecified atom stereocenters. The van der Waals surface area contributed by atoms with Gasteiger partial charge in [0, 0.05) is 82.0 Å². The number of amides is 1. The quantitative estimate of drug-likeness (QED) is 0.276. The third-order valence-corrected chi connectivity index (χ3v) is 10.9. The summed E-state index contributed by atoms with van der Waals surface area (Å²) < 4.78 is 34.0. The Balaban J connectivity index is 1.50. The topological polar surface area (TPSA) is 135 Å². The summed E-state index contributed by atoms with van der Waals surface area (Å²) in [6.45, 7) is 1.08. The number of piperidine rings is 1. The van der Waals surface area contributed by atoms with Crippen molar-refractivity contribution in [2.24, 2.45) is 14.1 Å². The number of fused-ring (bicyclic) bond motifs is 3. The lowest BCUT2D eigenvalue weighted by Gasteiger charge is -2.33. The minimum absolute atomic E-state index is 0.00327. The summed E-state index contributed by atoms with van der Waals surface area (Å²) >= 11 is 0. The van der Waals surface area contributed by atoms with Gasteiger partial charge in [-0.05, 0) is 36.6 Å². The number of aromatic amines is 1. The highest BCUT2D eigenvalue weighted by molar-refractivity contribution is 7.92. The van der Waals surface area contributed by atoms with E-state index in [2.05, 4.69) is 10.1 Å². The molecule has 0 atom stereocenters. The Hall–Kier alpha value is -4.49. The summed E-state index contributed by atoms with van der Waals surface area (Å²) in [5.41, 5.74) is 5.70. The summed E-state index contributed by atoms with van der Waals surface area (Å²) in [5.74, 6) is -0.0912. The average molecular weight is 632 g/mol. The van der Waals surface area contributed by atoms with Gasteiger partial charge in [0.05, 0.1) is 41.2 Å². The van der Waals surface area contributed by atoms with Crippen LogP contribution in [0.5, 0.6) is 0 Å². The predicted octanol–water partition coefficient (Wildman–Crippen LogP) is 3.21. The number of carbonyl (C=O) groups is 1. The number of aryl methyl sites for hydroxylation is 2. The van der Waals surface area contributed by atoms with Crippen molar-refractivity contribution in [1.82, 2.24) is 29.2 Å². The molecular weight excluding hydrogens is 594 g/mol. The molecule has 1 fully saturated rings. The predicted molar refractivity (Wildman–Crippen MR) is 175 cm³/mol. The maximum absolute atomic E-state index is 13.7. The number of aromatic nitrogens is 5. The number of methoxy groups -OCH3 is 1. The van der Waals surface area contributed by atoms with Gasteiger partial charge in [0.15, 0.2) is 9.84 Å². The molecule has 0 radical (unpaired) electrons. The first kappa shape index (κ1) is 30.5. The molecule has 5 aromatic rings. The van der Waals surface area contributed by atoms with Gasteiger partial charge < -0.3 is 24.1 Å². The third kappa shape index (κ3) is 5.50. The molecule has 1 amide bonds. The second-order valence-electron chi connectivity index (χ2n) is 11.8. The summed E-state index contributed by atoms with van der Waals surface area (Å²) in [6, 6.07) is 9.39. The highest BCUT2D eigenvalue weighted by Gasteiger charge is 2.31. The summed E-state index contributed by atoms with van der Waals surface area (Å²) in [4.78, 5) is 38.1. The smallest absolute Gasteiger partial charge is 0.274 e. The maximum Gasteiger partial charge on any atom is 0.274 e. The van der Waals surface area contributed by atoms with E-state index in [4.69, 9.17) is 9.72 Å². The van der Waals surface area contributed by atoms with Crippen molar-refractivity contribution in [3.8, 4) is 22.4 Å². The minimum atomic E-state index is -3.28. The number of rotatable bonds is 8. The minimum Gasteiger partial charge on any atom is -0.384 e. The second-order valence-corrected chi connectivity index (χ2v) is 14.2. The van der Waals surface area contributed by atoms with Crippen LogP contribution >= 0.6 is 0 Å². The second kappa shape index (κ2) is 11.8. The van der Waals surface area contributed by atoms with E-state index >= 15 is 0 Å². The normalized spacial score (nSPS) is 14.5. The van der Waals surface area contributed by atoms with Crippen LogP contribution in [0.1, 0.15) is 23.2 Å². The first-order valence-corrected chi connectivity index (χ1v) is 16.5. The number of H-pyrrole nitrogens is 1. The monoisotopic (exact) mass is 631 g/mol. The Morgan fingerprint density at radius 3 is 2.42 bits per heavy atom. The number of sulfone groups is 1. The molecule has 1 aliphatic rings. The number of hydrogen-bond donors (Lipinski definition) is 1. The van der Waals surface area contributed by atoms with Crippen LogP contribution in [0.3, 0.4) is 0 Å². The van der Waals surface area contributed by atoms with E-state index in [1.54, 1.807) is 47.7 Å². The van der Waals surface area contributed by atoms with Gasteiger partial charge in [0.2, 0.25) is 0 Å². The highest BCUT2D eigenvalue weighted by Crippen LogP contribution is 2.41. The molecule has 0 spiro atoms. The van der Waals surface area contributed by atoms with Gasteiger partial charge in [-0.2, -0.15) is 5.10 Å². The van der Waals surface area contributed by atoms with Crippen molar-refractivity contribution >= 4 is 43.4 Å². The van der Waals surface area contributed by atoms with Crippen molar-refractivity contribution in [2.75, 3.05) is 51.6 Å². The molecule has 6 rings (SSSR count). The van der Waals surface area contributed by atoms with Crippen LogP contribution in [0.25, 0.3) is 44.3 Å². The Morgan fingerprint density at radius 1 is 1.09 bits per heavy atom. The van der Waals surface area contributed by atoms with E-state index in [9.17, 15) is 18.0 Å². The zero-order valence-corrected chi connectivity index (χ0v) is 26.9. The van der Waals surface area contributed by atoms with E-state index < -0.39 is 15.1 Å². The Labute approximate surface area is 261 Å². The van der Waals surface area contributed by atoms with Crippen molar-refractivity contribution < 1.29 is 17.9 Å². The Morgan fingerprint density at radius 2 is 1.80 bits per heavy atom. The number of carbonyl (C=O) groups excluding carboxylic acids is 1. The standard InChI is InChI=1S/C32H37N7O5S/c1-36(2)31(40)21-8-6-20(7-9-21)27-28-24-16-25(39-12-10-23(11-13-39)45(42,43)15-14-44-5)32(41)38(4)26(24)18-33-30(28)35-29(27)22-17-34-37(3)19-22/h6-9,16-19,23H,10-15H2,1-5H3,(H,33,35). The van der Waals surface area contributed by atoms with E-state index in [0.29, 0.717) is 48.3 Å². The summed E-state index contributed by atoms with van der Waals surface area (Å²) in [5, 5.41) is 5.60. The van der Waals surface area contributed by atoms with Crippen molar-refractivity contribution in [3.05, 3.63) is 64.8 Å².